The minimum Gasteiger partial charge on any atom is -0.309 e. The zero-order chi connectivity index (χ0) is 19.8. The van der Waals surface area contributed by atoms with Gasteiger partial charge in [-0.1, -0.05) is 35.1 Å². The molecule has 0 bridgehead atoms. The van der Waals surface area contributed by atoms with E-state index in [0.717, 1.165) is 22.6 Å². The van der Waals surface area contributed by atoms with Gasteiger partial charge in [-0.15, -0.1) is 10.2 Å². The van der Waals surface area contributed by atoms with E-state index in [1.54, 1.807) is 24.3 Å². The Morgan fingerprint density at radius 3 is 2.46 bits per heavy atom. The summed E-state index contributed by atoms with van der Waals surface area (Å²) < 4.78 is 0. The number of fused-ring (bicyclic) bond motifs is 1. The molecule has 28 heavy (non-hydrogen) atoms. The van der Waals surface area contributed by atoms with Gasteiger partial charge < -0.3 is 5.32 Å². The van der Waals surface area contributed by atoms with E-state index >= 15 is 0 Å². The third-order valence-electron chi connectivity index (χ3n) is 3.82. The normalized spacial score (nSPS) is 13.0. The highest BCUT2D eigenvalue weighted by Gasteiger charge is 2.35. The van der Waals surface area contributed by atoms with Gasteiger partial charge in [0.15, 0.2) is 0 Å². The van der Waals surface area contributed by atoms with Gasteiger partial charge >= 0.3 is 5.69 Å². The Morgan fingerprint density at radius 1 is 1.14 bits per heavy atom. The summed E-state index contributed by atoms with van der Waals surface area (Å²) in [5.41, 5.74) is 0.171. The van der Waals surface area contributed by atoms with Crippen molar-refractivity contribution in [3.05, 3.63) is 62.0 Å². The van der Waals surface area contributed by atoms with E-state index in [4.69, 9.17) is 11.6 Å². The number of nitrogens with zero attached hydrogens (tertiary/aromatic N) is 6. The number of benzene rings is 1. The van der Waals surface area contributed by atoms with E-state index in [1.807, 2.05) is 0 Å². The van der Waals surface area contributed by atoms with Crippen molar-refractivity contribution < 1.29 is 14.5 Å². The lowest BCUT2D eigenvalue weighted by atomic mass is 10.1. The predicted molar refractivity (Wildman–Crippen MR) is 97.5 cm³/mol. The molecule has 1 aliphatic heterocycles. The van der Waals surface area contributed by atoms with E-state index in [0.29, 0.717) is 16.1 Å². The number of carbonyl (C=O) groups excluding carboxylic acids is 2. The van der Waals surface area contributed by atoms with Crippen LogP contribution in [0.15, 0.2) is 30.6 Å². The van der Waals surface area contributed by atoms with Crippen molar-refractivity contribution in [1.29, 1.82) is 0 Å². The van der Waals surface area contributed by atoms with Crippen LogP contribution in [-0.4, -0.2) is 41.8 Å². The van der Waals surface area contributed by atoms with Crippen molar-refractivity contribution in [3.8, 4) is 0 Å². The summed E-state index contributed by atoms with van der Waals surface area (Å²) in [7, 11) is 0. The molecule has 4 rings (SSSR count). The Bertz CT molecular complexity index is 1100. The largest absolute Gasteiger partial charge is 0.348 e. The van der Waals surface area contributed by atoms with Crippen LogP contribution in [0, 0.1) is 10.1 Å². The number of imide groups is 1. The van der Waals surface area contributed by atoms with Crippen LogP contribution in [0.5, 0.6) is 0 Å². The maximum atomic E-state index is 12.4. The maximum absolute atomic E-state index is 12.4. The topological polar surface area (TPSA) is 144 Å². The van der Waals surface area contributed by atoms with Gasteiger partial charge in [0.05, 0.1) is 22.6 Å². The highest BCUT2D eigenvalue weighted by atomic mass is 35.5. The summed E-state index contributed by atoms with van der Waals surface area (Å²) in [5.74, 6) is -0.972. The molecule has 0 fully saturated rings. The molecule has 3 heterocycles. The summed E-state index contributed by atoms with van der Waals surface area (Å²) in [5, 5.41) is 21.8. The van der Waals surface area contributed by atoms with E-state index < -0.39 is 22.4 Å². The fourth-order valence-corrected chi connectivity index (χ4v) is 3.53. The highest BCUT2D eigenvalue weighted by Crippen LogP contribution is 2.32. The molecular formula is C15H8ClN7O4S. The zero-order valence-corrected chi connectivity index (χ0v) is 15.3. The Kier molecular flexibility index (Phi) is 4.41. The van der Waals surface area contributed by atoms with Crippen molar-refractivity contribution in [2.75, 3.05) is 5.32 Å². The monoisotopic (exact) mass is 417 g/mol. The molecule has 1 aliphatic rings. The summed E-state index contributed by atoms with van der Waals surface area (Å²) in [6, 6.07) is 6.53. The smallest absolute Gasteiger partial charge is 0.309 e. The lowest BCUT2D eigenvalue weighted by Gasteiger charge is -2.10. The highest BCUT2D eigenvalue weighted by molar-refractivity contribution is 7.15. The van der Waals surface area contributed by atoms with Crippen molar-refractivity contribution in [2.45, 2.75) is 6.54 Å². The van der Waals surface area contributed by atoms with Crippen LogP contribution in [0.2, 0.25) is 5.15 Å². The fourth-order valence-electron chi connectivity index (χ4n) is 2.60. The van der Waals surface area contributed by atoms with Crippen LogP contribution < -0.4 is 5.32 Å². The third kappa shape index (κ3) is 3.04. The second kappa shape index (κ2) is 6.90. The molecule has 0 unspecified atom stereocenters. The molecule has 1 N–H and O–H groups in total. The number of amides is 2. The number of aromatic nitrogens is 4. The fraction of sp³-hybridized carbons (Fsp3) is 0.0667. The van der Waals surface area contributed by atoms with Crippen LogP contribution in [0.1, 0.15) is 25.7 Å². The second-order valence-corrected chi connectivity index (χ2v) is 6.91. The Labute approximate surface area is 165 Å². The first-order valence-electron chi connectivity index (χ1n) is 7.65. The van der Waals surface area contributed by atoms with E-state index in [9.17, 15) is 19.7 Å². The minimum atomic E-state index is -0.717. The van der Waals surface area contributed by atoms with Gasteiger partial charge in [0.25, 0.3) is 11.8 Å². The van der Waals surface area contributed by atoms with Crippen molar-refractivity contribution in [3.63, 3.8) is 0 Å². The Balaban J connectivity index is 1.54. The number of carbonyl (C=O) groups is 2. The quantitative estimate of drug-likeness (QED) is 0.286. The van der Waals surface area contributed by atoms with Gasteiger partial charge in [-0.25, -0.2) is 9.97 Å². The predicted octanol–water partition coefficient (Wildman–Crippen LogP) is 2.43. The first-order chi connectivity index (χ1) is 13.5. The first-order valence-corrected chi connectivity index (χ1v) is 8.84. The number of anilines is 2. The molecule has 2 amide bonds. The molecule has 140 valence electrons. The van der Waals surface area contributed by atoms with E-state index in [1.165, 1.54) is 0 Å². The Hall–Kier alpha value is -3.51. The molecule has 0 saturated carbocycles. The summed E-state index contributed by atoms with van der Waals surface area (Å²) in [6.45, 7) is -0.0711. The van der Waals surface area contributed by atoms with Gasteiger partial charge in [-0.2, -0.15) is 0 Å². The second-order valence-electron chi connectivity index (χ2n) is 5.49. The van der Waals surface area contributed by atoms with E-state index in [2.05, 4.69) is 25.5 Å². The summed E-state index contributed by atoms with van der Waals surface area (Å²) >= 11 is 6.76. The molecule has 0 radical (unpaired) electrons. The van der Waals surface area contributed by atoms with Crippen molar-refractivity contribution in [2.24, 2.45) is 0 Å². The molecule has 2 aromatic heterocycles. The molecule has 11 nitrogen and oxygen atoms in total. The number of halogens is 1. The summed E-state index contributed by atoms with van der Waals surface area (Å²) in [6.07, 6.45) is 1.07. The third-order valence-corrected chi connectivity index (χ3v) is 4.92. The lowest BCUT2D eigenvalue weighted by molar-refractivity contribution is -0.384. The lowest BCUT2D eigenvalue weighted by Crippen LogP contribution is -2.29. The maximum Gasteiger partial charge on any atom is 0.348 e. The molecule has 0 saturated heterocycles. The molecule has 0 aliphatic carbocycles. The number of hydrogen-bond donors (Lipinski definition) is 1. The van der Waals surface area contributed by atoms with Crippen LogP contribution in [0.25, 0.3) is 0 Å². The SMILES string of the molecule is O=C1c2ccccc2C(=O)N1Cc1nnc(Nc2ncnc(Cl)c2[N+](=O)[O-])s1. The average molecular weight is 418 g/mol. The van der Waals surface area contributed by atoms with Crippen molar-refractivity contribution >= 4 is 51.4 Å². The van der Waals surface area contributed by atoms with Gasteiger partial charge in [-0.3, -0.25) is 24.6 Å². The molecule has 1 aromatic carbocycles. The molecule has 13 heteroatoms. The number of hydrogen-bond acceptors (Lipinski definition) is 10. The van der Waals surface area contributed by atoms with E-state index in [-0.39, 0.29) is 22.6 Å². The van der Waals surface area contributed by atoms with Crippen LogP contribution in [-0.2, 0) is 6.54 Å². The van der Waals surface area contributed by atoms with Gasteiger partial charge in [0.1, 0.15) is 11.3 Å². The average Bonchev–Trinajstić information content (AvgIpc) is 3.20. The van der Waals surface area contributed by atoms with Gasteiger partial charge in [0, 0.05) is 0 Å². The van der Waals surface area contributed by atoms with Crippen molar-refractivity contribution in [1.82, 2.24) is 25.1 Å². The standard InChI is InChI=1S/C15H8ClN7O4S/c16-11-10(23(26)27)12(18-6-17-11)19-15-21-20-9(28-15)5-22-13(24)7-3-1-2-4-8(7)14(22)25/h1-4,6H,5H2,(H,17,18,19,21). The number of rotatable bonds is 5. The molecule has 3 aromatic rings. The summed E-state index contributed by atoms with van der Waals surface area (Å²) in [4.78, 5) is 43.7. The van der Waals surface area contributed by atoms with Crippen LogP contribution in [0.4, 0.5) is 16.6 Å². The number of nitro groups is 1. The molecule has 0 atom stereocenters. The zero-order valence-electron chi connectivity index (χ0n) is 13.7. The van der Waals surface area contributed by atoms with Crippen LogP contribution in [0.3, 0.4) is 0 Å². The van der Waals surface area contributed by atoms with Gasteiger partial charge in [0.2, 0.25) is 16.1 Å². The molecular weight excluding hydrogens is 410 g/mol. The molecule has 0 spiro atoms. The number of nitrogens with one attached hydrogen (secondary N) is 1. The first kappa shape index (κ1) is 17.9. The van der Waals surface area contributed by atoms with Crippen LogP contribution >= 0.6 is 22.9 Å². The minimum absolute atomic E-state index is 0.0711. The van der Waals surface area contributed by atoms with Gasteiger partial charge in [-0.05, 0) is 12.1 Å². The Morgan fingerprint density at radius 2 is 1.82 bits per heavy atom.